The minimum absolute atomic E-state index is 0.121. The number of hydrogen-bond donors (Lipinski definition) is 1. The van der Waals surface area contributed by atoms with Crippen LogP contribution in [-0.4, -0.2) is 48.2 Å². The van der Waals surface area contributed by atoms with E-state index in [1.807, 2.05) is 0 Å². The molecule has 8 nitrogen and oxygen atoms in total. The number of hydrogen-bond acceptors (Lipinski definition) is 7. The molecular weight excluding hydrogens is 467 g/mol. The number of aromatic nitrogens is 1. The van der Waals surface area contributed by atoms with Gasteiger partial charge in [0.25, 0.3) is 0 Å². The zero-order chi connectivity index (χ0) is 23.2. The highest BCUT2D eigenvalue weighted by Gasteiger charge is 2.44. The number of ether oxygens (including phenoxy) is 1. The van der Waals surface area contributed by atoms with Crippen molar-refractivity contribution >= 4 is 45.0 Å². The molecule has 1 N–H and O–H groups in total. The van der Waals surface area contributed by atoms with Gasteiger partial charge in [-0.05, 0) is 51.5 Å². The zero-order valence-corrected chi connectivity index (χ0v) is 20.0. The maximum absolute atomic E-state index is 15.0. The van der Waals surface area contributed by atoms with Gasteiger partial charge in [-0.2, -0.15) is 0 Å². The fourth-order valence-corrected chi connectivity index (χ4v) is 5.82. The number of amides is 1. The average Bonchev–Trinajstić information content (AvgIpc) is 3.00. The largest absolute Gasteiger partial charge is 0.444 e. The Morgan fingerprint density at radius 1 is 1.39 bits per heavy atom. The maximum atomic E-state index is 15.0. The van der Waals surface area contributed by atoms with Gasteiger partial charge in [0.15, 0.2) is 0 Å². The Morgan fingerprint density at radius 3 is 2.68 bits per heavy atom. The summed E-state index contributed by atoms with van der Waals surface area (Å²) < 4.78 is 46.6. The molecule has 0 bridgehead atoms. The lowest BCUT2D eigenvalue weighted by Gasteiger charge is -2.35. The summed E-state index contributed by atoms with van der Waals surface area (Å²) in [6.07, 6.45) is 0.633. The first-order valence-corrected chi connectivity index (χ1v) is 12.0. The van der Waals surface area contributed by atoms with E-state index in [-0.39, 0.29) is 16.0 Å². The SMILES string of the molecule is CN1C(NC(=O)OC(C)(C)C)=NC(C)(c2sc(-c3ccnc(Cl)c3)cc2F)CS1(=O)=O. The fraction of sp³-hybridized carbons (Fsp3) is 0.421. The number of nitrogens with zero attached hydrogens (tertiary/aromatic N) is 3. The number of nitrogens with one attached hydrogen (secondary N) is 1. The second-order valence-electron chi connectivity index (χ2n) is 8.21. The summed E-state index contributed by atoms with van der Waals surface area (Å²) >= 11 is 6.99. The molecule has 168 valence electrons. The normalized spacial score (nSPS) is 20.9. The lowest BCUT2D eigenvalue weighted by molar-refractivity contribution is 0.0559. The van der Waals surface area contributed by atoms with Crippen LogP contribution in [0.5, 0.6) is 0 Å². The molecule has 0 radical (unpaired) electrons. The van der Waals surface area contributed by atoms with Crippen molar-refractivity contribution in [2.45, 2.75) is 38.8 Å². The number of carbonyl (C=O) groups excluding carboxylic acids is 1. The quantitative estimate of drug-likeness (QED) is 0.644. The molecule has 0 saturated heterocycles. The number of thiophene rings is 1. The summed E-state index contributed by atoms with van der Waals surface area (Å²) in [6, 6.07) is 4.56. The van der Waals surface area contributed by atoms with Gasteiger partial charge in [0, 0.05) is 18.1 Å². The highest BCUT2D eigenvalue weighted by atomic mass is 35.5. The van der Waals surface area contributed by atoms with Gasteiger partial charge in [-0.3, -0.25) is 5.32 Å². The van der Waals surface area contributed by atoms with E-state index >= 15 is 0 Å². The number of aliphatic imine (C=N–C) groups is 1. The van der Waals surface area contributed by atoms with Crippen LogP contribution in [-0.2, 0) is 20.3 Å². The van der Waals surface area contributed by atoms with Gasteiger partial charge in [0.05, 0.1) is 10.6 Å². The summed E-state index contributed by atoms with van der Waals surface area (Å²) in [6.45, 7) is 6.53. The Morgan fingerprint density at radius 2 is 2.06 bits per heavy atom. The van der Waals surface area contributed by atoms with Crippen LogP contribution in [0.15, 0.2) is 29.4 Å². The highest BCUT2D eigenvalue weighted by Crippen LogP contribution is 2.41. The maximum Gasteiger partial charge on any atom is 0.414 e. The van der Waals surface area contributed by atoms with E-state index < -0.39 is 38.8 Å². The Bertz CT molecular complexity index is 1160. The Kier molecular flexibility index (Phi) is 6.07. The molecule has 0 saturated carbocycles. The molecule has 1 atom stereocenters. The Hall–Kier alpha value is -2.24. The molecule has 0 spiro atoms. The van der Waals surface area contributed by atoms with Crippen molar-refractivity contribution in [3.8, 4) is 10.4 Å². The number of halogens is 2. The van der Waals surface area contributed by atoms with E-state index in [4.69, 9.17) is 16.3 Å². The standard InChI is InChI=1S/C19H22ClFN4O4S2/c1-18(2,3)29-17(26)23-16-24-19(4,10-31(27,28)25(16)5)15-12(21)9-13(30-15)11-6-7-22-14(20)8-11/h6-9H,10H2,1-5H3,(H,23,24,26). The fourth-order valence-electron chi connectivity index (χ4n) is 2.97. The number of guanidine groups is 1. The molecule has 3 heterocycles. The van der Waals surface area contributed by atoms with Crippen LogP contribution in [0.3, 0.4) is 0 Å². The van der Waals surface area contributed by atoms with Crippen molar-refractivity contribution < 1.29 is 22.3 Å². The van der Waals surface area contributed by atoms with Gasteiger partial charge in [-0.25, -0.2) is 31.9 Å². The van der Waals surface area contributed by atoms with Crippen LogP contribution in [0.4, 0.5) is 9.18 Å². The monoisotopic (exact) mass is 488 g/mol. The molecule has 0 aromatic carbocycles. The van der Waals surface area contributed by atoms with Crippen molar-refractivity contribution in [3.05, 3.63) is 40.2 Å². The molecule has 0 aliphatic carbocycles. The van der Waals surface area contributed by atoms with Crippen molar-refractivity contribution in [3.63, 3.8) is 0 Å². The van der Waals surface area contributed by atoms with Gasteiger partial charge in [0.2, 0.25) is 16.0 Å². The topological polar surface area (TPSA) is 101 Å². The molecule has 1 amide bonds. The third kappa shape index (κ3) is 5.16. The summed E-state index contributed by atoms with van der Waals surface area (Å²) in [5.41, 5.74) is -1.61. The van der Waals surface area contributed by atoms with Gasteiger partial charge < -0.3 is 4.74 Å². The molecule has 0 fully saturated rings. The zero-order valence-electron chi connectivity index (χ0n) is 17.6. The first-order valence-electron chi connectivity index (χ1n) is 9.18. The molecular formula is C19H22ClFN4O4S2. The van der Waals surface area contributed by atoms with E-state index in [9.17, 15) is 17.6 Å². The lowest BCUT2D eigenvalue weighted by Crippen LogP contribution is -2.54. The molecule has 12 heteroatoms. The summed E-state index contributed by atoms with van der Waals surface area (Å²) in [5.74, 6) is -1.32. The predicted octanol–water partition coefficient (Wildman–Crippen LogP) is 3.97. The second kappa shape index (κ2) is 8.03. The van der Waals surface area contributed by atoms with E-state index in [0.717, 1.165) is 15.6 Å². The average molecular weight is 489 g/mol. The number of carbonyl (C=O) groups is 1. The third-order valence-electron chi connectivity index (χ3n) is 4.33. The molecule has 31 heavy (non-hydrogen) atoms. The molecule has 1 aliphatic heterocycles. The molecule has 1 aliphatic rings. The summed E-state index contributed by atoms with van der Waals surface area (Å²) in [7, 11) is -2.63. The Labute approximate surface area is 189 Å². The minimum Gasteiger partial charge on any atom is -0.444 e. The smallest absolute Gasteiger partial charge is 0.414 e. The van der Waals surface area contributed by atoms with Crippen LogP contribution in [0.1, 0.15) is 32.6 Å². The Balaban J connectivity index is 2.03. The van der Waals surface area contributed by atoms with Crippen LogP contribution >= 0.6 is 22.9 Å². The van der Waals surface area contributed by atoms with Crippen molar-refractivity contribution in [1.82, 2.24) is 14.6 Å². The van der Waals surface area contributed by atoms with Crippen molar-refractivity contribution in [1.29, 1.82) is 0 Å². The van der Waals surface area contributed by atoms with Crippen LogP contribution < -0.4 is 5.32 Å². The highest BCUT2D eigenvalue weighted by molar-refractivity contribution is 7.89. The number of pyridine rings is 1. The van der Waals surface area contributed by atoms with Crippen molar-refractivity contribution in [2.75, 3.05) is 12.8 Å². The van der Waals surface area contributed by atoms with Gasteiger partial charge in [-0.15, -0.1) is 11.3 Å². The minimum atomic E-state index is -3.89. The van der Waals surface area contributed by atoms with Crippen LogP contribution in [0, 0.1) is 5.82 Å². The van der Waals surface area contributed by atoms with E-state index in [0.29, 0.717) is 10.4 Å². The second-order valence-corrected chi connectivity index (χ2v) is 11.7. The lowest BCUT2D eigenvalue weighted by atomic mass is 10.0. The van der Waals surface area contributed by atoms with E-state index in [2.05, 4.69) is 15.3 Å². The van der Waals surface area contributed by atoms with Gasteiger partial charge in [-0.1, -0.05) is 11.6 Å². The predicted molar refractivity (Wildman–Crippen MR) is 118 cm³/mol. The summed E-state index contributed by atoms with van der Waals surface area (Å²) in [4.78, 5) is 21.2. The van der Waals surface area contributed by atoms with E-state index in [1.54, 1.807) is 32.9 Å². The number of rotatable bonds is 2. The van der Waals surface area contributed by atoms with E-state index in [1.165, 1.54) is 26.2 Å². The molecule has 1 unspecified atom stereocenters. The summed E-state index contributed by atoms with van der Waals surface area (Å²) in [5, 5.41) is 2.62. The first kappa shape index (κ1) is 23.4. The number of sulfonamides is 1. The van der Waals surface area contributed by atoms with Crippen LogP contribution in [0.2, 0.25) is 5.15 Å². The van der Waals surface area contributed by atoms with Gasteiger partial charge in [0.1, 0.15) is 22.1 Å². The number of alkyl carbamates (subject to hydrolysis) is 1. The van der Waals surface area contributed by atoms with Gasteiger partial charge >= 0.3 is 6.09 Å². The molecule has 3 rings (SSSR count). The molecule has 2 aromatic rings. The van der Waals surface area contributed by atoms with Crippen LogP contribution in [0.25, 0.3) is 10.4 Å². The van der Waals surface area contributed by atoms with Crippen molar-refractivity contribution in [2.24, 2.45) is 4.99 Å². The molecule has 2 aromatic heterocycles. The first-order chi connectivity index (χ1) is 14.2. The third-order valence-corrected chi connectivity index (χ3v) is 7.88.